The van der Waals surface area contributed by atoms with Crippen LogP contribution in [-0.2, 0) is 16.0 Å². The van der Waals surface area contributed by atoms with Crippen molar-refractivity contribution < 1.29 is 19.2 Å². The second kappa shape index (κ2) is 5.62. The van der Waals surface area contributed by atoms with Crippen LogP contribution in [0.2, 0.25) is 0 Å². The summed E-state index contributed by atoms with van der Waals surface area (Å²) in [6.45, 7) is 6.84. The van der Waals surface area contributed by atoms with Gasteiger partial charge in [0, 0.05) is 44.6 Å². The summed E-state index contributed by atoms with van der Waals surface area (Å²) in [5.74, 6) is -0.0242. The SMILES string of the molecule is CC(=O)O.Cc1cc(CC(=O)N2CC3(CNC3)C2)on1. The van der Waals surface area contributed by atoms with E-state index in [0.717, 1.165) is 38.8 Å². The van der Waals surface area contributed by atoms with Gasteiger partial charge in [-0.2, -0.15) is 0 Å². The normalized spacial score (nSPS) is 18.6. The lowest BCUT2D eigenvalue weighted by atomic mass is 9.74. The molecule has 1 aromatic heterocycles. The van der Waals surface area contributed by atoms with Gasteiger partial charge in [0.15, 0.2) is 0 Å². The second-order valence-electron chi connectivity index (χ2n) is 5.48. The highest BCUT2D eigenvalue weighted by atomic mass is 16.5. The quantitative estimate of drug-likeness (QED) is 0.795. The molecule has 0 atom stereocenters. The third kappa shape index (κ3) is 3.36. The number of carbonyl (C=O) groups excluding carboxylic acids is 1. The van der Waals surface area contributed by atoms with E-state index < -0.39 is 5.97 Å². The summed E-state index contributed by atoms with van der Waals surface area (Å²) in [6, 6.07) is 1.82. The van der Waals surface area contributed by atoms with Crippen LogP contribution in [0.5, 0.6) is 0 Å². The average Bonchev–Trinajstić information content (AvgIpc) is 2.58. The number of carboxylic acids is 1. The number of aliphatic carboxylic acids is 1. The smallest absolute Gasteiger partial charge is 0.300 e. The summed E-state index contributed by atoms with van der Waals surface area (Å²) in [5.41, 5.74) is 1.22. The highest BCUT2D eigenvalue weighted by Gasteiger charge is 2.49. The monoisotopic (exact) mass is 281 g/mol. The Morgan fingerprint density at radius 2 is 2.10 bits per heavy atom. The number of likely N-dealkylation sites (tertiary alicyclic amines) is 1. The molecule has 0 unspecified atom stereocenters. The lowest BCUT2D eigenvalue weighted by Gasteiger charge is -2.56. The van der Waals surface area contributed by atoms with Gasteiger partial charge in [0.1, 0.15) is 5.76 Å². The maximum atomic E-state index is 11.8. The fraction of sp³-hybridized carbons (Fsp3) is 0.615. The third-order valence-corrected chi connectivity index (χ3v) is 3.41. The largest absolute Gasteiger partial charge is 0.481 e. The van der Waals surface area contributed by atoms with Crippen molar-refractivity contribution in [1.29, 1.82) is 0 Å². The molecular weight excluding hydrogens is 262 g/mol. The van der Waals surface area contributed by atoms with Crippen molar-refractivity contribution in [3.8, 4) is 0 Å². The van der Waals surface area contributed by atoms with E-state index in [1.807, 2.05) is 17.9 Å². The van der Waals surface area contributed by atoms with E-state index in [2.05, 4.69) is 10.5 Å². The Morgan fingerprint density at radius 3 is 2.50 bits per heavy atom. The van der Waals surface area contributed by atoms with E-state index in [1.165, 1.54) is 0 Å². The van der Waals surface area contributed by atoms with E-state index in [-0.39, 0.29) is 5.91 Å². The molecule has 2 N–H and O–H groups in total. The molecule has 3 rings (SSSR count). The number of hydrogen-bond acceptors (Lipinski definition) is 5. The van der Waals surface area contributed by atoms with Crippen LogP contribution in [0, 0.1) is 12.3 Å². The molecule has 0 aliphatic carbocycles. The molecule has 2 fully saturated rings. The molecular formula is C13H19N3O4. The van der Waals surface area contributed by atoms with E-state index in [9.17, 15) is 4.79 Å². The van der Waals surface area contributed by atoms with Crippen molar-refractivity contribution >= 4 is 11.9 Å². The zero-order valence-electron chi connectivity index (χ0n) is 11.7. The molecule has 7 heteroatoms. The summed E-state index contributed by atoms with van der Waals surface area (Å²) >= 11 is 0. The number of hydrogen-bond donors (Lipinski definition) is 2. The summed E-state index contributed by atoms with van der Waals surface area (Å²) < 4.78 is 5.04. The fourth-order valence-electron chi connectivity index (χ4n) is 2.40. The molecule has 1 spiro atoms. The molecule has 0 aromatic carbocycles. The van der Waals surface area contributed by atoms with Crippen molar-refractivity contribution in [2.45, 2.75) is 20.3 Å². The second-order valence-corrected chi connectivity index (χ2v) is 5.48. The van der Waals surface area contributed by atoms with Gasteiger partial charge in [0.2, 0.25) is 5.91 Å². The van der Waals surface area contributed by atoms with Crippen molar-refractivity contribution in [2.75, 3.05) is 26.2 Å². The highest BCUT2D eigenvalue weighted by molar-refractivity contribution is 5.79. The number of aryl methyl sites for hydroxylation is 1. The molecule has 2 aliphatic rings. The molecule has 1 amide bonds. The van der Waals surface area contributed by atoms with Crippen LogP contribution in [-0.4, -0.2) is 53.2 Å². The van der Waals surface area contributed by atoms with Crippen molar-refractivity contribution in [3.63, 3.8) is 0 Å². The molecule has 3 heterocycles. The van der Waals surface area contributed by atoms with Crippen molar-refractivity contribution in [2.24, 2.45) is 5.41 Å². The van der Waals surface area contributed by atoms with Gasteiger partial charge in [-0.3, -0.25) is 9.59 Å². The minimum atomic E-state index is -0.833. The first-order chi connectivity index (χ1) is 9.40. The van der Waals surface area contributed by atoms with E-state index in [0.29, 0.717) is 17.6 Å². The van der Waals surface area contributed by atoms with E-state index in [4.69, 9.17) is 14.4 Å². The van der Waals surface area contributed by atoms with E-state index >= 15 is 0 Å². The summed E-state index contributed by atoms with van der Waals surface area (Å²) in [7, 11) is 0. The Labute approximate surface area is 116 Å². The predicted molar refractivity (Wildman–Crippen MR) is 70.1 cm³/mol. The molecule has 110 valence electrons. The first-order valence-electron chi connectivity index (χ1n) is 6.50. The standard InChI is InChI=1S/C11H15N3O2.C2H4O2/c1-8-2-9(16-13-8)3-10(15)14-6-11(7-14)4-12-5-11;1-2(3)4/h2,12H,3-7H2,1H3;1H3,(H,3,4). The highest BCUT2D eigenvalue weighted by Crippen LogP contribution is 2.34. The number of amides is 1. The number of carbonyl (C=O) groups is 2. The molecule has 1 aromatic rings. The predicted octanol–water partition coefficient (Wildman–Crippen LogP) is 0.0482. The summed E-state index contributed by atoms with van der Waals surface area (Å²) in [6.07, 6.45) is 0.338. The van der Waals surface area contributed by atoms with Gasteiger partial charge in [0.05, 0.1) is 12.1 Å². The Morgan fingerprint density at radius 1 is 1.50 bits per heavy atom. The lowest BCUT2D eigenvalue weighted by molar-refractivity contribution is -0.146. The van der Waals surface area contributed by atoms with Gasteiger partial charge in [0.25, 0.3) is 5.97 Å². The molecule has 7 nitrogen and oxygen atoms in total. The van der Waals surface area contributed by atoms with E-state index in [1.54, 1.807) is 0 Å². The summed E-state index contributed by atoms with van der Waals surface area (Å²) in [4.78, 5) is 22.8. The Hall–Kier alpha value is -1.89. The van der Waals surface area contributed by atoms with Crippen molar-refractivity contribution in [1.82, 2.24) is 15.4 Å². The van der Waals surface area contributed by atoms with Crippen LogP contribution < -0.4 is 5.32 Å². The lowest BCUT2D eigenvalue weighted by Crippen LogP contribution is -2.72. The van der Waals surface area contributed by atoms with Gasteiger partial charge in [-0.05, 0) is 6.92 Å². The van der Waals surface area contributed by atoms with Gasteiger partial charge in [-0.15, -0.1) is 0 Å². The van der Waals surface area contributed by atoms with Gasteiger partial charge in [-0.1, -0.05) is 5.16 Å². The third-order valence-electron chi connectivity index (χ3n) is 3.41. The molecule has 20 heavy (non-hydrogen) atoms. The zero-order chi connectivity index (χ0) is 14.8. The van der Waals surface area contributed by atoms with Crippen LogP contribution in [0.4, 0.5) is 0 Å². The van der Waals surface area contributed by atoms with Gasteiger partial charge in [-0.25, -0.2) is 0 Å². The molecule has 2 saturated heterocycles. The van der Waals surface area contributed by atoms with Crippen LogP contribution in [0.25, 0.3) is 0 Å². The van der Waals surface area contributed by atoms with Gasteiger partial charge >= 0.3 is 0 Å². The molecule has 2 aliphatic heterocycles. The minimum absolute atomic E-state index is 0.147. The van der Waals surface area contributed by atoms with Crippen LogP contribution in [0.3, 0.4) is 0 Å². The minimum Gasteiger partial charge on any atom is -0.481 e. The van der Waals surface area contributed by atoms with Gasteiger partial charge < -0.3 is 19.8 Å². The van der Waals surface area contributed by atoms with Crippen LogP contribution in [0.1, 0.15) is 18.4 Å². The van der Waals surface area contributed by atoms with Crippen LogP contribution in [0.15, 0.2) is 10.6 Å². The Bertz CT molecular complexity index is 495. The fourth-order valence-corrected chi connectivity index (χ4v) is 2.40. The molecule has 0 bridgehead atoms. The number of rotatable bonds is 2. The number of aromatic nitrogens is 1. The first kappa shape index (κ1) is 14.5. The Balaban J connectivity index is 0.000000328. The maximum absolute atomic E-state index is 11.8. The first-order valence-corrected chi connectivity index (χ1v) is 6.50. The number of nitrogens with zero attached hydrogens (tertiary/aromatic N) is 2. The molecule has 0 saturated carbocycles. The Kier molecular flexibility index (Phi) is 4.08. The van der Waals surface area contributed by atoms with Crippen molar-refractivity contribution in [3.05, 3.63) is 17.5 Å². The maximum Gasteiger partial charge on any atom is 0.300 e. The molecule has 0 radical (unpaired) electrons. The average molecular weight is 281 g/mol. The van der Waals surface area contributed by atoms with Crippen LogP contribution >= 0.6 is 0 Å². The number of carboxylic acid groups (broad SMARTS) is 1. The zero-order valence-corrected chi connectivity index (χ0v) is 11.7. The number of nitrogens with one attached hydrogen (secondary N) is 1. The topological polar surface area (TPSA) is 95.7 Å². The summed E-state index contributed by atoms with van der Waals surface area (Å²) in [5, 5.41) is 14.4.